The molecule has 2 saturated heterocycles. The lowest BCUT2D eigenvalue weighted by atomic mass is 9.78. The van der Waals surface area contributed by atoms with Crippen LogP contribution in [0.15, 0.2) is 24.3 Å². The first-order valence-electron chi connectivity index (χ1n) is 7.10. The van der Waals surface area contributed by atoms with Gasteiger partial charge in [-0.15, -0.1) is 0 Å². The lowest BCUT2D eigenvalue weighted by molar-refractivity contribution is 0.0856. The minimum atomic E-state index is -0.123. The second-order valence-corrected chi connectivity index (χ2v) is 6.33. The van der Waals surface area contributed by atoms with Crippen LogP contribution >= 0.6 is 0 Å². The topological polar surface area (TPSA) is 35.2 Å². The Morgan fingerprint density at radius 2 is 2.00 bits per heavy atom. The van der Waals surface area contributed by atoms with E-state index in [1.165, 1.54) is 17.5 Å². The van der Waals surface area contributed by atoms with Crippen molar-refractivity contribution in [1.82, 2.24) is 0 Å². The molecule has 0 radical (unpaired) electrons. The third kappa shape index (κ3) is 2.08. The molecular formula is C16H23NO. The quantitative estimate of drug-likeness (QED) is 0.888. The monoisotopic (exact) mass is 245 g/mol. The Morgan fingerprint density at radius 3 is 2.50 bits per heavy atom. The van der Waals surface area contributed by atoms with E-state index in [2.05, 4.69) is 38.1 Å². The van der Waals surface area contributed by atoms with Crippen molar-refractivity contribution >= 4 is 0 Å². The van der Waals surface area contributed by atoms with E-state index in [1.54, 1.807) is 0 Å². The van der Waals surface area contributed by atoms with Crippen LogP contribution in [-0.2, 0) is 11.2 Å². The summed E-state index contributed by atoms with van der Waals surface area (Å²) in [4.78, 5) is 0. The summed E-state index contributed by atoms with van der Waals surface area (Å²) in [6.45, 7) is 4.45. The predicted molar refractivity (Wildman–Crippen MR) is 73.7 cm³/mol. The highest BCUT2D eigenvalue weighted by Gasteiger charge is 2.49. The van der Waals surface area contributed by atoms with E-state index in [-0.39, 0.29) is 11.6 Å². The predicted octanol–water partition coefficient (Wildman–Crippen LogP) is 3.00. The van der Waals surface area contributed by atoms with Crippen LogP contribution in [0.3, 0.4) is 0 Å². The average Bonchev–Trinajstić information content (AvgIpc) is 2.89. The highest BCUT2D eigenvalue weighted by Crippen LogP contribution is 2.41. The fourth-order valence-corrected chi connectivity index (χ4v) is 3.42. The lowest BCUT2D eigenvalue weighted by Crippen LogP contribution is -2.50. The molecule has 3 atom stereocenters. The van der Waals surface area contributed by atoms with E-state index < -0.39 is 0 Å². The van der Waals surface area contributed by atoms with Crippen molar-refractivity contribution in [3.8, 4) is 0 Å². The molecule has 2 fully saturated rings. The molecule has 0 spiro atoms. The van der Waals surface area contributed by atoms with Gasteiger partial charge in [0.1, 0.15) is 0 Å². The van der Waals surface area contributed by atoms with Crippen molar-refractivity contribution in [3.05, 3.63) is 35.4 Å². The van der Waals surface area contributed by atoms with E-state index >= 15 is 0 Å². The Kier molecular flexibility index (Phi) is 2.95. The van der Waals surface area contributed by atoms with E-state index in [9.17, 15) is 0 Å². The van der Waals surface area contributed by atoms with Crippen LogP contribution in [0, 0.1) is 0 Å². The summed E-state index contributed by atoms with van der Waals surface area (Å²) in [6, 6.07) is 8.93. The zero-order valence-corrected chi connectivity index (χ0v) is 11.4. The van der Waals surface area contributed by atoms with Crippen LogP contribution in [0.5, 0.6) is 0 Å². The van der Waals surface area contributed by atoms with Crippen molar-refractivity contribution in [1.29, 1.82) is 0 Å². The van der Waals surface area contributed by atoms with Gasteiger partial charge in [0, 0.05) is 5.54 Å². The Labute approximate surface area is 110 Å². The molecule has 0 aliphatic carbocycles. The van der Waals surface area contributed by atoms with Gasteiger partial charge in [0.2, 0.25) is 0 Å². The Morgan fingerprint density at radius 1 is 1.28 bits per heavy atom. The third-order valence-corrected chi connectivity index (χ3v) is 4.54. The van der Waals surface area contributed by atoms with E-state index in [4.69, 9.17) is 10.5 Å². The Balaban J connectivity index is 1.73. The minimum Gasteiger partial charge on any atom is -0.373 e. The number of nitrogens with two attached hydrogens (primary N) is 1. The lowest BCUT2D eigenvalue weighted by Gasteiger charge is -2.31. The van der Waals surface area contributed by atoms with Crippen molar-refractivity contribution < 1.29 is 4.74 Å². The number of benzene rings is 1. The fourth-order valence-electron chi connectivity index (χ4n) is 3.42. The molecule has 3 rings (SSSR count). The molecule has 1 aromatic carbocycles. The van der Waals surface area contributed by atoms with Crippen LogP contribution in [0.25, 0.3) is 0 Å². The van der Waals surface area contributed by atoms with E-state index in [1.807, 2.05) is 0 Å². The fraction of sp³-hybridized carbons (Fsp3) is 0.625. The maximum atomic E-state index is 6.55. The van der Waals surface area contributed by atoms with Crippen LogP contribution in [0.4, 0.5) is 0 Å². The number of ether oxygens (including phenoxy) is 1. The average molecular weight is 245 g/mol. The molecule has 0 amide bonds. The molecule has 2 N–H and O–H groups in total. The number of hydrogen-bond acceptors (Lipinski definition) is 2. The Bertz CT molecular complexity index is 425. The highest BCUT2D eigenvalue weighted by molar-refractivity contribution is 5.27. The van der Waals surface area contributed by atoms with Gasteiger partial charge in [-0.25, -0.2) is 0 Å². The molecule has 2 bridgehead atoms. The molecule has 2 aliphatic heterocycles. The summed E-state index contributed by atoms with van der Waals surface area (Å²) in [5.74, 6) is 0.594. The summed E-state index contributed by atoms with van der Waals surface area (Å²) >= 11 is 0. The molecule has 98 valence electrons. The largest absolute Gasteiger partial charge is 0.373 e. The van der Waals surface area contributed by atoms with Gasteiger partial charge in [-0.2, -0.15) is 0 Å². The standard InChI is InChI=1S/C16H23NO/c1-11(2)13-5-3-12(4-6-13)9-16(17)10-14-7-8-15(16)18-14/h3-6,11,14-15H,7-10,17H2,1-2H3. The van der Waals surface area contributed by atoms with Gasteiger partial charge in [-0.3, -0.25) is 0 Å². The normalized spacial score (nSPS) is 34.4. The molecule has 0 saturated carbocycles. The molecule has 0 aromatic heterocycles. The second kappa shape index (κ2) is 4.36. The molecule has 18 heavy (non-hydrogen) atoms. The van der Waals surface area contributed by atoms with Gasteiger partial charge in [0.15, 0.2) is 0 Å². The third-order valence-electron chi connectivity index (χ3n) is 4.54. The number of rotatable bonds is 3. The van der Waals surface area contributed by atoms with Gasteiger partial charge in [-0.05, 0) is 42.7 Å². The van der Waals surface area contributed by atoms with Crippen molar-refractivity contribution in [2.24, 2.45) is 5.73 Å². The van der Waals surface area contributed by atoms with E-state index in [0.29, 0.717) is 12.0 Å². The molecule has 3 unspecified atom stereocenters. The summed E-state index contributed by atoms with van der Waals surface area (Å²) < 4.78 is 5.90. The summed E-state index contributed by atoms with van der Waals surface area (Å²) in [5, 5.41) is 0. The SMILES string of the molecule is CC(C)c1ccc(CC2(N)CC3CCC2O3)cc1. The van der Waals surface area contributed by atoms with Crippen LogP contribution in [-0.4, -0.2) is 17.7 Å². The zero-order chi connectivity index (χ0) is 12.8. The van der Waals surface area contributed by atoms with Crippen molar-refractivity contribution in [2.75, 3.05) is 0 Å². The van der Waals surface area contributed by atoms with Crippen molar-refractivity contribution in [2.45, 2.75) is 63.2 Å². The zero-order valence-electron chi connectivity index (χ0n) is 11.4. The maximum absolute atomic E-state index is 6.55. The molecule has 2 nitrogen and oxygen atoms in total. The maximum Gasteiger partial charge on any atom is 0.0763 e. The van der Waals surface area contributed by atoms with Gasteiger partial charge >= 0.3 is 0 Å². The molecular weight excluding hydrogens is 222 g/mol. The first-order valence-corrected chi connectivity index (χ1v) is 7.10. The summed E-state index contributed by atoms with van der Waals surface area (Å²) in [6.07, 6.45) is 5.04. The molecule has 2 heteroatoms. The van der Waals surface area contributed by atoms with Gasteiger partial charge < -0.3 is 10.5 Å². The van der Waals surface area contributed by atoms with Crippen LogP contribution < -0.4 is 5.73 Å². The minimum absolute atomic E-state index is 0.123. The van der Waals surface area contributed by atoms with Crippen molar-refractivity contribution in [3.63, 3.8) is 0 Å². The first-order chi connectivity index (χ1) is 8.57. The summed E-state index contributed by atoms with van der Waals surface area (Å²) in [5.41, 5.74) is 9.17. The first kappa shape index (κ1) is 12.2. The number of hydrogen-bond donors (Lipinski definition) is 1. The highest BCUT2D eigenvalue weighted by atomic mass is 16.5. The van der Waals surface area contributed by atoms with Gasteiger partial charge in [-0.1, -0.05) is 38.1 Å². The Hall–Kier alpha value is -0.860. The second-order valence-electron chi connectivity index (χ2n) is 6.33. The molecule has 2 aliphatic rings. The molecule has 2 heterocycles. The van der Waals surface area contributed by atoms with Crippen LogP contribution in [0.1, 0.15) is 50.2 Å². The smallest absolute Gasteiger partial charge is 0.0763 e. The van der Waals surface area contributed by atoms with Gasteiger partial charge in [0.25, 0.3) is 0 Å². The van der Waals surface area contributed by atoms with Gasteiger partial charge in [0.05, 0.1) is 12.2 Å². The van der Waals surface area contributed by atoms with E-state index in [0.717, 1.165) is 19.3 Å². The summed E-state index contributed by atoms with van der Waals surface area (Å²) in [7, 11) is 0. The number of fused-ring (bicyclic) bond motifs is 2. The molecule has 1 aromatic rings. The van der Waals surface area contributed by atoms with Crippen LogP contribution in [0.2, 0.25) is 0 Å².